The number of hydrogen-bond acceptors (Lipinski definition) is 17. The molecule has 0 radical (unpaired) electrons. The van der Waals surface area contributed by atoms with E-state index in [0.717, 1.165) is 189 Å². The molecule has 9 aromatic rings. The molecule has 536 valence electrons. The van der Waals surface area contributed by atoms with Gasteiger partial charge in [0.15, 0.2) is 0 Å². The molecule has 3 aromatic carbocycles. The van der Waals surface area contributed by atoms with Crippen LogP contribution in [0.4, 0.5) is 26.6 Å². The number of anilines is 3. The Morgan fingerprint density at radius 1 is 0.560 bits per heavy atom. The molecule has 0 spiro atoms. The molecule has 6 aromatic heterocycles. The molecule has 3 saturated carbocycles. The Hall–Kier alpha value is -7.55. The minimum atomic E-state index is -3.81. The van der Waals surface area contributed by atoms with E-state index >= 15 is 4.39 Å². The van der Waals surface area contributed by atoms with Crippen molar-refractivity contribution in [2.24, 2.45) is 0 Å². The van der Waals surface area contributed by atoms with Crippen molar-refractivity contribution in [3.63, 3.8) is 0 Å². The van der Waals surface area contributed by atoms with Crippen LogP contribution in [0, 0.1) is 11.6 Å². The van der Waals surface area contributed by atoms with E-state index in [-0.39, 0.29) is 48.2 Å². The number of piperazine rings is 1. The summed E-state index contributed by atoms with van der Waals surface area (Å²) >= 11 is 0. The van der Waals surface area contributed by atoms with Crippen LogP contribution in [0.3, 0.4) is 0 Å². The van der Waals surface area contributed by atoms with Gasteiger partial charge in [0, 0.05) is 142 Å². The van der Waals surface area contributed by atoms with E-state index in [9.17, 15) is 28.1 Å². The smallest absolute Gasteiger partial charge is 0.243 e. The van der Waals surface area contributed by atoms with Crippen molar-refractivity contribution >= 4 is 61.0 Å². The van der Waals surface area contributed by atoms with Gasteiger partial charge < -0.3 is 54.6 Å². The van der Waals surface area contributed by atoms with Gasteiger partial charge in [0.1, 0.15) is 22.9 Å². The second-order valence-electron chi connectivity index (χ2n) is 27.8. The van der Waals surface area contributed by atoms with E-state index < -0.39 is 15.8 Å². The van der Waals surface area contributed by atoms with Gasteiger partial charge in [-0.05, 0) is 162 Å². The highest BCUT2D eigenvalue weighted by atomic mass is 32.2. The maximum atomic E-state index is 15.5. The van der Waals surface area contributed by atoms with Gasteiger partial charge in [0.2, 0.25) is 27.9 Å². The molecule has 21 nitrogen and oxygen atoms in total. The van der Waals surface area contributed by atoms with Gasteiger partial charge in [-0.15, -0.1) is 0 Å². The SMILES string of the molecule is CCCCNc1ncc2c(-c3ccc(CN4CCN(C)CC4)cc3)cn(C3CCC(O)CC3)c2n1.CCCCNc1ncc2c(-c3ccc(S(=O)(=O)N4CCOCC4)cc3F)cn(C3CCC(O)CC3)c2n1.CCCCNc1ncc2c(n1)c(C1CCC(O)CC1)cn2-c1ccc(F)cc1. The number of rotatable bonds is 22. The molecule has 8 heterocycles. The number of ether oxygens (including phenoxy) is 1. The van der Waals surface area contributed by atoms with Crippen molar-refractivity contribution in [2.75, 3.05) is 95.1 Å². The minimum absolute atomic E-state index is 0.0701. The largest absolute Gasteiger partial charge is 0.393 e. The Bertz CT molecular complexity index is 4230. The monoisotopic (exact) mass is 1390 g/mol. The number of unbranched alkanes of at least 4 members (excludes halogenated alkanes) is 3. The van der Waals surface area contributed by atoms with Crippen LogP contribution in [0.25, 0.3) is 61.0 Å². The summed E-state index contributed by atoms with van der Waals surface area (Å²) in [7, 11) is -1.61. The quantitative estimate of drug-likeness (QED) is 0.0346. The summed E-state index contributed by atoms with van der Waals surface area (Å²) in [6.45, 7) is 15.7. The van der Waals surface area contributed by atoms with Crippen LogP contribution in [0.15, 0.2) is 109 Å². The van der Waals surface area contributed by atoms with Crippen molar-refractivity contribution in [3.05, 3.63) is 127 Å². The summed E-state index contributed by atoms with van der Waals surface area (Å²) in [5.41, 5.74) is 10.3. The summed E-state index contributed by atoms with van der Waals surface area (Å²) in [6.07, 6.45) is 27.9. The lowest BCUT2D eigenvalue weighted by molar-refractivity contribution is 0.0730. The number of hydrogen-bond donors (Lipinski definition) is 6. The van der Waals surface area contributed by atoms with Crippen LogP contribution >= 0.6 is 0 Å². The fourth-order valence-corrected chi connectivity index (χ4v) is 15.9. The molecule has 0 unspecified atom stereocenters. The zero-order chi connectivity index (χ0) is 69.7. The molecule has 5 aliphatic rings. The van der Waals surface area contributed by atoms with Crippen molar-refractivity contribution in [3.8, 4) is 27.9 Å². The predicted octanol–water partition coefficient (Wildman–Crippen LogP) is 13.3. The second kappa shape index (κ2) is 34.0. The first-order chi connectivity index (χ1) is 48.6. The molecular formula is C76H101F2N15O6S. The Kier molecular flexibility index (Phi) is 24.5. The highest BCUT2D eigenvalue weighted by molar-refractivity contribution is 7.89. The molecule has 5 fully saturated rings. The predicted molar refractivity (Wildman–Crippen MR) is 391 cm³/mol. The van der Waals surface area contributed by atoms with Crippen molar-refractivity contribution in [2.45, 2.75) is 184 Å². The molecule has 6 N–H and O–H groups in total. The van der Waals surface area contributed by atoms with Gasteiger partial charge in [-0.2, -0.15) is 14.3 Å². The number of likely N-dealkylation sites (N-methyl/N-ethyl adjacent to an activating group) is 1. The summed E-state index contributed by atoms with van der Waals surface area (Å²) in [5.74, 6) is 1.38. The van der Waals surface area contributed by atoms with E-state index in [1.807, 2.05) is 23.2 Å². The third kappa shape index (κ3) is 17.5. The number of aromatic nitrogens is 9. The number of sulfonamides is 1. The van der Waals surface area contributed by atoms with Crippen LogP contribution in [0.2, 0.25) is 0 Å². The van der Waals surface area contributed by atoms with Gasteiger partial charge in [-0.1, -0.05) is 70.4 Å². The number of halogens is 2. The Morgan fingerprint density at radius 2 is 1.07 bits per heavy atom. The van der Waals surface area contributed by atoms with Crippen LogP contribution < -0.4 is 16.0 Å². The number of nitrogens with zero attached hydrogens (tertiary/aromatic N) is 12. The number of aliphatic hydroxyl groups is 3. The Labute approximate surface area is 586 Å². The van der Waals surface area contributed by atoms with Gasteiger partial charge in [-0.25, -0.2) is 37.1 Å². The van der Waals surface area contributed by atoms with Gasteiger partial charge in [0.25, 0.3) is 0 Å². The first-order valence-electron chi connectivity index (χ1n) is 36.7. The Balaban J connectivity index is 0.000000144. The average molecular weight is 1390 g/mol. The van der Waals surface area contributed by atoms with E-state index in [1.165, 1.54) is 50.8 Å². The molecule has 0 amide bonds. The standard InChI is InChI=1S/C28H40N6O.C26H34FN5O4S.C22H27FN4O/c1-3-4-13-29-28-30-18-25-26(20-34(27(25)31-28)23-9-11-24(35)12-10-23)22-7-5-21(6-8-22)19-33-16-14-32(2)15-17-33;1-2-3-10-28-26-29-16-22-23(17-32(25(22)30-26)18-4-6-19(33)7-5-18)21-9-8-20(15-24(21)27)37(34,35)31-11-13-36-14-12-31;1-2-3-12-24-22-25-13-20-21(26-22)19(15-4-10-18(28)11-5-15)14-27(20)17-8-6-16(23)7-9-17/h5-8,18,20,23-24,35H,3-4,9-17,19H2,1-2H3,(H,29,30,31);8-9,15-19,33H,2-7,10-14H2,1H3,(H,28,29,30);6-9,13-15,18,28H,2-5,10-12H2,1H3,(H,24,25,26). The van der Waals surface area contributed by atoms with E-state index in [0.29, 0.717) is 78.0 Å². The maximum Gasteiger partial charge on any atom is 0.243 e. The Morgan fingerprint density at radius 3 is 1.61 bits per heavy atom. The van der Waals surface area contributed by atoms with Crippen molar-refractivity contribution in [1.82, 2.24) is 57.7 Å². The summed E-state index contributed by atoms with van der Waals surface area (Å²) < 4.78 is 68.0. The maximum absolute atomic E-state index is 15.5. The number of morpholine rings is 1. The summed E-state index contributed by atoms with van der Waals surface area (Å²) in [5, 5.41) is 41.7. The number of fused-ring (bicyclic) bond motifs is 3. The normalized spacial score (nSPS) is 21.2. The van der Waals surface area contributed by atoms with Gasteiger partial charge in [0.05, 0.1) is 53.7 Å². The number of nitrogens with one attached hydrogen (secondary N) is 3. The third-order valence-electron chi connectivity index (χ3n) is 20.6. The highest BCUT2D eigenvalue weighted by Crippen LogP contribution is 2.42. The first kappa shape index (κ1) is 72.2. The zero-order valence-electron chi connectivity index (χ0n) is 58.6. The van der Waals surface area contributed by atoms with Gasteiger partial charge >= 0.3 is 0 Å². The third-order valence-corrected chi connectivity index (χ3v) is 22.5. The lowest BCUT2D eigenvalue weighted by Crippen LogP contribution is -2.43. The molecule has 2 aliphatic heterocycles. The molecule has 0 bridgehead atoms. The van der Waals surface area contributed by atoms with E-state index in [4.69, 9.17) is 19.7 Å². The van der Waals surface area contributed by atoms with Crippen LogP contribution in [-0.2, 0) is 21.3 Å². The summed E-state index contributed by atoms with van der Waals surface area (Å²) in [4.78, 5) is 33.0. The average Bonchev–Trinajstić information content (AvgIpc) is 1.60. The second-order valence-corrected chi connectivity index (χ2v) is 29.8. The topological polar surface area (TPSA) is 242 Å². The molecule has 2 saturated heterocycles. The van der Waals surface area contributed by atoms with Crippen molar-refractivity contribution < 1.29 is 37.3 Å². The van der Waals surface area contributed by atoms with Crippen LogP contribution in [0.5, 0.6) is 0 Å². The molecule has 24 heteroatoms. The first-order valence-corrected chi connectivity index (χ1v) is 38.1. The lowest BCUT2D eigenvalue weighted by atomic mass is 9.83. The van der Waals surface area contributed by atoms with Crippen molar-refractivity contribution in [1.29, 1.82) is 0 Å². The zero-order valence-corrected chi connectivity index (χ0v) is 59.4. The van der Waals surface area contributed by atoms with E-state index in [1.54, 1.807) is 18.3 Å². The molecule has 14 rings (SSSR count). The van der Waals surface area contributed by atoms with Gasteiger partial charge in [-0.3, -0.25) is 4.90 Å². The molecular weight excluding hydrogens is 1290 g/mol. The summed E-state index contributed by atoms with van der Waals surface area (Å²) in [6, 6.07) is 20.1. The minimum Gasteiger partial charge on any atom is -0.393 e. The fraction of sp³-hybridized carbons (Fsp3) is 0.526. The van der Waals surface area contributed by atoms with Crippen LogP contribution in [-0.4, -0.2) is 179 Å². The van der Waals surface area contributed by atoms with Crippen LogP contribution in [0.1, 0.15) is 165 Å². The molecule has 100 heavy (non-hydrogen) atoms. The van der Waals surface area contributed by atoms with E-state index in [2.05, 4.69) is 114 Å². The lowest BCUT2D eigenvalue weighted by Gasteiger charge is -2.32. The number of aliphatic hydroxyl groups excluding tert-OH is 3. The molecule has 3 aliphatic carbocycles. The highest BCUT2D eigenvalue weighted by Gasteiger charge is 2.31. The number of benzene rings is 3. The molecule has 0 atom stereocenters. The fourth-order valence-electron chi connectivity index (χ4n) is 14.5.